The molecule has 2 aliphatic rings. The van der Waals surface area contributed by atoms with Crippen LogP contribution in [-0.4, -0.2) is 73.8 Å². The van der Waals surface area contributed by atoms with E-state index in [4.69, 9.17) is 19.4 Å². The summed E-state index contributed by atoms with van der Waals surface area (Å²) in [4.78, 5) is 29.6. The summed E-state index contributed by atoms with van der Waals surface area (Å²) in [5.74, 6) is 2.64. The van der Waals surface area contributed by atoms with Gasteiger partial charge in [0.15, 0.2) is 0 Å². The number of piperidine rings is 1. The fourth-order valence-corrected chi connectivity index (χ4v) is 5.32. The maximum absolute atomic E-state index is 13.5. The molecule has 0 radical (unpaired) electrons. The molecule has 8 nitrogen and oxygen atoms in total. The first-order valence-corrected chi connectivity index (χ1v) is 12.9. The molecule has 0 saturated carbocycles. The molecule has 0 unspecified atom stereocenters. The average molecular weight is 490 g/mol. The van der Waals surface area contributed by atoms with Crippen LogP contribution in [0.2, 0.25) is 0 Å². The van der Waals surface area contributed by atoms with Gasteiger partial charge < -0.3 is 24.2 Å². The van der Waals surface area contributed by atoms with E-state index in [1.807, 2.05) is 55.1 Å². The fraction of sp³-hybridized carbons (Fsp3) is 0.464. The van der Waals surface area contributed by atoms with Crippen LogP contribution in [0.1, 0.15) is 25.5 Å². The number of aryl methyl sites for hydroxylation is 1. The number of fused-ring (bicyclic) bond motifs is 1. The van der Waals surface area contributed by atoms with Crippen molar-refractivity contribution in [2.24, 2.45) is 5.92 Å². The first-order valence-electron chi connectivity index (χ1n) is 12.9. The number of methoxy groups -OCH3 is 1. The van der Waals surface area contributed by atoms with Crippen LogP contribution >= 0.6 is 0 Å². The number of ether oxygens (including phenoxy) is 2. The topological polar surface area (TPSA) is 71.0 Å². The maximum atomic E-state index is 13.5. The number of rotatable bonds is 6. The molecule has 36 heavy (non-hydrogen) atoms. The van der Waals surface area contributed by atoms with E-state index in [2.05, 4.69) is 15.9 Å². The third-order valence-electron chi connectivity index (χ3n) is 7.23. The number of piperazine rings is 1. The Bertz CT molecular complexity index is 1230. The normalized spacial score (nSPS) is 18.4. The molecule has 1 atom stereocenters. The van der Waals surface area contributed by atoms with Crippen LogP contribution in [0.4, 0.5) is 11.6 Å². The molecule has 3 heterocycles. The lowest BCUT2D eigenvalue weighted by Gasteiger charge is -2.40. The number of para-hydroxylation sites is 2. The summed E-state index contributed by atoms with van der Waals surface area (Å²) in [6, 6.07) is 14.0. The minimum Gasteiger partial charge on any atom is -0.495 e. The monoisotopic (exact) mass is 489 g/mol. The second-order valence-corrected chi connectivity index (χ2v) is 9.49. The van der Waals surface area contributed by atoms with Crippen molar-refractivity contribution in [3.63, 3.8) is 0 Å². The lowest BCUT2D eigenvalue weighted by molar-refractivity contribution is -0.136. The third-order valence-corrected chi connectivity index (χ3v) is 7.23. The summed E-state index contributed by atoms with van der Waals surface area (Å²) < 4.78 is 11.2. The van der Waals surface area contributed by atoms with Gasteiger partial charge in [-0.05, 0) is 57.0 Å². The van der Waals surface area contributed by atoms with Crippen molar-refractivity contribution in [1.29, 1.82) is 0 Å². The van der Waals surface area contributed by atoms with E-state index in [1.54, 1.807) is 7.11 Å². The lowest BCUT2D eigenvalue weighted by Crippen LogP contribution is -2.52. The molecule has 2 aromatic carbocycles. The number of carbonyl (C=O) groups is 1. The summed E-state index contributed by atoms with van der Waals surface area (Å²) in [6.07, 6.45) is 1.87. The Balaban J connectivity index is 1.25. The highest BCUT2D eigenvalue weighted by Gasteiger charge is 2.32. The SMILES string of the molecule is CCOc1ccc2nc(N3CCC[C@H](C(=O)N4CCN(c5ccccc5OC)CC4)C3)nc(C)c2c1. The first kappa shape index (κ1) is 24.2. The molecule has 8 heteroatoms. The fourth-order valence-electron chi connectivity index (χ4n) is 5.32. The average Bonchev–Trinajstić information content (AvgIpc) is 2.93. The Kier molecular flexibility index (Phi) is 7.11. The molecule has 2 saturated heterocycles. The second-order valence-electron chi connectivity index (χ2n) is 9.49. The standard InChI is InChI=1S/C28H35N5O3/c1-4-36-22-11-12-24-23(18-22)20(2)29-28(30-24)33-13-7-8-21(19-33)27(34)32-16-14-31(15-17-32)25-9-5-6-10-26(25)35-3/h5-6,9-12,18,21H,4,7-8,13-17,19H2,1-3H3/t21-/m0/s1. The minimum absolute atomic E-state index is 0.0310. The highest BCUT2D eigenvalue weighted by atomic mass is 16.5. The molecule has 0 N–H and O–H groups in total. The van der Waals surface area contributed by atoms with Gasteiger partial charge in [0, 0.05) is 44.7 Å². The van der Waals surface area contributed by atoms with Crippen LogP contribution in [-0.2, 0) is 4.79 Å². The van der Waals surface area contributed by atoms with Crippen molar-refractivity contribution in [2.75, 3.05) is 62.8 Å². The highest BCUT2D eigenvalue weighted by molar-refractivity contribution is 5.84. The van der Waals surface area contributed by atoms with Crippen molar-refractivity contribution < 1.29 is 14.3 Å². The predicted octanol–water partition coefficient (Wildman–Crippen LogP) is 3.91. The first-order chi connectivity index (χ1) is 17.6. The van der Waals surface area contributed by atoms with E-state index in [-0.39, 0.29) is 11.8 Å². The number of aromatic nitrogens is 2. The molecule has 0 aliphatic carbocycles. The molecule has 5 rings (SSSR count). The van der Waals surface area contributed by atoms with Crippen LogP contribution in [0.25, 0.3) is 10.9 Å². The third kappa shape index (κ3) is 4.90. The van der Waals surface area contributed by atoms with E-state index in [0.29, 0.717) is 19.1 Å². The minimum atomic E-state index is -0.0310. The van der Waals surface area contributed by atoms with Crippen molar-refractivity contribution in [2.45, 2.75) is 26.7 Å². The van der Waals surface area contributed by atoms with Gasteiger partial charge >= 0.3 is 0 Å². The largest absolute Gasteiger partial charge is 0.495 e. The Morgan fingerprint density at radius 1 is 1.03 bits per heavy atom. The van der Waals surface area contributed by atoms with Gasteiger partial charge in [0.1, 0.15) is 11.5 Å². The van der Waals surface area contributed by atoms with Gasteiger partial charge in [0.2, 0.25) is 11.9 Å². The van der Waals surface area contributed by atoms with Crippen molar-refractivity contribution >= 4 is 28.4 Å². The number of hydrogen-bond donors (Lipinski definition) is 0. The molecule has 2 aliphatic heterocycles. The van der Waals surface area contributed by atoms with Gasteiger partial charge in [-0.3, -0.25) is 4.79 Å². The maximum Gasteiger partial charge on any atom is 0.227 e. The van der Waals surface area contributed by atoms with E-state index in [1.165, 1.54) is 0 Å². The molecule has 0 bridgehead atoms. The second kappa shape index (κ2) is 10.6. The van der Waals surface area contributed by atoms with E-state index in [0.717, 1.165) is 79.3 Å². The van der Waals surface area contributed by atoms with Crippen molar-refractivity contribution in [1.82, 2.24) is 14.9 Å². The van der Waals surface area contributed by atoms with Gasteiger partial charge in [-0.2, -0.15) is 0 Å². The van der Waals surface area contributed by atoms with E-state index >= 15 is 0 Å². The van der Waals surface area contributed by atoms with Crippen LogP contribution in [0.15, 0.2) is 42.5 Å². The molecular formula is C28H35N5O3. The van der Waals surface area contributed by atoms with Gasteiger partial charge in [-0.25, -0.2) is 9.97 Å². The number of carbonyl (C=O) groups excluding carboxylic acids is 1. The van der Waals surface area contributed by atoms with Gasteiger partial charge in [-0.1, -0.05) is 12.1 Å². The number of benzene rings is 2. The van der Waals surface area contributed by atoms with Crippen molar-refractivity contribution in [3.05, 3.63) is 48.2 Å². The number of hydrogen-bond acceptors (Lipinski definition) is 7. The number of amides is 1. The van der Waals surface area contributed by atoms with Crippen molar-refractivity contribution in [3.8, 4) is 11.5 Å². The Labute approximate surface area is 212 Å². The van der Waals surface area contributed by atoms with Gasteiger partial charge in [-0.15, -0.1) is 0 Å². The highest BCUT2D eigenvalue weighted by Crippen LogP contribution is 2.30. The molecule has 1 aromatic heterocycles. The quantitative estimate of drug-likeness (QED) is 0.520. The molecular weight excluding hydrogens is 454 g/mol. The predicted molar refractivity (Wildman–Crippen MR) is 142 cm³/mol. The molecule has 3 aromatic rings. The molecule has 190 valence electrons. The molecule has 1 amide bonds. The summed E-state index contributed by atoms with van der Waals surface area (Å²) >= 11 is 0. The summed E-state index contributed by atoms with van der Waals surface area (Å²) in [7, 11) is 1.70. The van der Waals surface area contributed by atoms with Gasteiger partial charge in [0.05, 0.1) is 36.5 Å². The smallest absolute Gasteiger partial charge is 0.227 e. The van der Waals surface area contributed by atoms with E-state index < -0.39 is 0 Å². The van der Waals surface area contributed by atoms with Crippen LogP contribution < -0.4 is 19.3 Å². The number of nitrogens with zero attached hydrogens (tertiary/aromatic N) is 5. The Morgan fingerprint density at radius 3 is 2.61 bits per heavy atom. The van der Waals surface area contributed by atoms with E-state index in [9.17, 15) is 4.79 Å². The zero-order valence-electron chi connectivity index (χ0n) is 21.4. The Morgan fingerprint density at radius 2 is 1.83 bits per heavy atom. The lowest BCUT2D eigenvalue weighted by atomic mass is 9.96. The summed E-state index contributed by atoms with van der Waals surface area (Å²) in [5.41, 5.74) is 2.92. The van der Waals surface area contributed by atoms with Crippen LogP contribution in [0.5, 0.6) is 11.5 Å². The Hall–Kier alpha value is -3.55. The zero-order valence-corrected chi connectivity index (χ0v) is 21.4. The number of anilines is 2. The zero-order chi connectivity index (χ0) is 25.1. The summed E-state index contributed by atoms with van der Waals surface area (Å²) in [6.45, 7) is 9.20. The van der Waals surface area contributed by atoms with Crippen LogP contribution in [0.3, 0.4) is 0 Å². The molecule has 2 fully saturated rings. The van der Waals surface area contributed by atoms with Gasteiger partial charge in [0.25, 0.3) is 0 Å². The van der Waals surface area contributed by atoms with Crippen LogP contribution in [0, 0.1) is 12.8 Å². The summed E-state index contributed by atoms with van der Waals surface area (Å²) in [5, 5.41) is 1.00. The molecule has 0 spiro atoms.